The van der Waals surface area contributed by atoms with Crippen LogP contribution in [0.4, 0.5) is 0 Å². The molecule has 0 saturated carbocycles. The molecule has 0 atom stereocenters. The van der Waals surface area contributed by atoms with Gasteiger partial charge in [-0.2, -0.15) is 0 Å². The zero-order valence-electron chi connectivity index (χ0n) is 12.6. The Hall–Kier alpha value is -0.670. The van der Waals surface area contributed by atoms with Gasteiger partial charge in [0.05, 0.1) is 10.7 Å². The molecule has 1 aromatic heterocycles. The molecule has 0 saturated heterocycles. The van der Waals surface area contributed by atoms with Gasteiger partial charge in [0.25, 0.3) is 0 Å². The minimum atomic E-state index is 0. The number of halogens is 2. The fraction of sp³-hybridized carbons (Fsp3) is 0.333. The number of aliphatic imine (C=N–C) groups is 1. The molecular weight excluding hydrogens is 475 g/mol. The summed E-state index contributed by atoms with van der Waals surface area (Å²) >= 11 is 5.12. The van der Waals surface area contributed by atoms with E-state index in [1.165, 1.54) is 5.56 Å². The second-order valence-electron chi connectivity index (χ2n) is 4.59. The first-order valence-corrected chi connectivity index (χ1v) is 8.44. The highest BCUT2D eigenvalue weighted by molar-refractivity contribution is 14.0. The highest BCUT2D eigenvalue weighted by atomic mass is 127. The Morgan fingerprint density at radius 1 is 1.27 bits per heavy atom. The van der Waals surface area contributed by atoms with Crippen molar-refractivity contribution in [2.24, 2.45) is 4.99 Å². The van der Waals surface area contributed by atoms with Crippen molar-refractivity contribution >= 4 is 57.2 Å². The number of thiazole rings is 1. The number of nitrogens with one attached hydrogen (secondary N) is 2. The maximum Gasteiger partial charge on any atom is 0.191 e. The van der Waals surface area contributed by atoms with E-state index in [0.29, 0.717) is 0 Å². The van der Waals surface area contributed by atoms with Crippen LogP contribution in [0, 0.1) is 6.92 Å². The van der Waals surface area contributed by atoms with Gasteiger partial charge in [0.2, 0.25) is 0 Å². The summed E-state index contributed by atoms with van der Waals surface area (Å²) in [5.74, 6) is 0.810. The number of guanidine groups is 1. The Morgan fingerprint density at radius 3 is 2.59 bits per heavy atom. The third kappa shape index (κ3) is 6.62. The summed E-state index contributed by atoms with van der Waals surface area (Å²) in [5.41, 5.74) is 2.35. The van der Waals surface area contributed by atoms with E-state index in [1.54, 1.807) is 18.4 Å². The molecule has 1 heterocycles. The summed E-state index contributed by atoms with van der Waals surface area (Å²) in [6, 6.07) is 8.25. The number of rotatable bonds is 5. The molecule has 4 nitrogen and oxygen atoms in total. The monoisotopic (exact) mass is 494 g/mol. The van der Waals surface area contributed by atoms with Gasteiger partial charge in [0.15, 0.2) is 5.96 Å². The smallest absolute Gasteiger partial charge is 0.191 e. The Morgan fingerprint density at radius 2 is 2.00 bits per heavy atom. The number of hydrogen-bond donors (Lipinski definition) is 2. The maximum absolute atomic E-state index is 4.45. The van der Waals surface area contributed by atoms with Gasteiger partial charge >= 0.3 is 0 Å². The fourth-order valence-electron chi connectivity index (χ4n) is 1.84. The maximum atomic E-state index is 4.45. The standard InChI is InChI=1S/C15H19BrN4S.HI/c1-11-20-14(10-21-11)7-8-18-15(17-2)19-9-12-3-5-13(16)6-4-12;/h3-6,10H,7-9H2,1-2H3,(H2,17,18,19);1H. The van der Waals surface area contributed by atoms with Crippen LogP contribution in [0.5, 0.6) is 0 Å². The normalized spacial score (nSPS) is 11.0. The van der Waals surface area contributed by atoms with Gasteiger partial charge in [-0.3, -0.25) is 4.99 Å². The van der Waals surface area contributed by atoms with Crippen molar-refractivity contribution in [3.8, 4) is 0 Å². The van der Waals surface area contributed by atoms with Crippen LogP contribution in [0.2, 0.25) is 0 Å². The molecule has 2 rings (SSSR count). The molecule has 0 unspecified atom stereocenters. The second-order valence-corrected chi connectivity index (χ2v) is 6.56. The van der Waals surface area contributed by atoms with E-state index in [0.717, 1.165) is 40.6 Å². The summed E-state index contributed by atoms with van der Waals surface area (Å²) < 4.78 is 1.09. The number of nitrogens with zero attached hydrogens (tertiary/aromatic N) is 2. The molecule has 0 aliphatic carbocycles. The van der Waals surface area contributed by atoms with Crippen LogP contribution in [0.25, 0.3) is 0 Å². The average molecular weight is 495 g/mol. The number of benzene rings is 1. The molecule has 0 aliphatic heterocycles. The minimum Gasteiger partial charge on any atom is -0.356 e. The fourth-order valence-corrected chi connectivity index (χ4v) is 2.75. The number of aryl methyl sites for hydroxylation is 1. The van der Waals surface area contributed by atoms with E-state index in [4.69, 9.17) is 0 Å². The first-order valence-electron chi connectivity index (χ1n) is 6.77. The van der Waals surface area contributed by atoms with Crippen LogP contribution in [0.1, 0.15) is 16.3 Å². The Bertz CT molecular complexity index is 598. The van der Waals surface area contributed by atoms with Gasteiger partial charge in [-0.25, -0.2) is 4.98 Å². The van der Waals surface area contributed by atoms with Crippen molar-refractivity contribution in [2.75, 3.05) is 13.6 Å². The van der Waals surface area contributed by atoms with Crippen molar-refractivity contribution in [2.45, 2.75) is 19.9 Å². The van der Waals surface area contributed by atoms with Gasteiger partial charge in [-0.1, -0.05) is 28.1 Å². The van der Waals surface area contributed by atoms with Crippen molar-refractivity contribution < 1.29 is 0 Å². The summed E-state index contributed by atoms with van der Waals surface area (Å²) in [6.45, 7) is 3.60. The zero-order valence-corrected chi connectivity index (χ0v) is 17.3. The molecule has 0 aliphatic rings. The summed E-state index contributed by atoms with van der Waals surface area (Å²) in [5, 5.41) is 9.83. The molecule has 0 fully saturated rings. The lowest BCUT2D eigenvalue weighted by atomic mass is 10.2. The number of hydrogen-bond acceptors (Lipinski definition) is 3. The highest BCUT2D eigenvalue weighted by Gasteiger charge is 2.01. The summed E-state index contributed by atoms with van der Waals surface area (Å²) in [7, 11) is 1.78. The van der Waals surface area contributed by atoms with Crippen LogP contribution >= 0.6 is 51.2 Å². The van der Waals surface area contributed by atoms with Crippen molar-refractivity contribution in [3.63, 3.8) is 0 Å². The lowest BCUT2D eigenvalue weighted by Crippen LogP contribution is -2.37. The Labute approximate surface area is 161 Å². The third-order valence-corrected chi connectivity index (χ3v) is 4.29. The van der Waals surface area contributed by atoms with E-state index >= 15 is 0 Å². The minimum absolute atomic E-state index is 0. The van der Waals surface area contributed by atoms with Gasteiger partial charge in [0, 0.05) is 36.4 Å². The van der Waals surface area contributed by atoms with Crippen molar-refractivity contribution in [1.29, 1.82) is 0 Å². The first kappa shape index (κ1) is 19.4. The highest BCUT2D eigenvalue weighted by Crippen LogP contribution is 2.10. The molecule has 2 N–H and O–H groups in total. The lowest BCUT2D eigenvalue weighted by Gasteiger charge is -2.11. The molecular formula is C15H20BrIN4S. The molecule has 0 spiro atoms. The van der Waals surface area contributed by atoms with Crippen molar-refractivity contribution in [1.82, 2.24) is 15.6 Å². The van der Waals surface area contributed by atoms with E-state index in [1.807, 2.05) is 19.1 Å². The van der Waals surface area contributed by atoms with E-state index in [2.05, 4.69) is 54.1 Å². The molecule has 120 valence electrons. The first-order chi connectivity index (χ1) is 10.2. The predicted molar refractivity (Wildman–Crippen MR) is 108 cm³/mol. The van der Waals surface area contributed by atoms with Crippen molar-refractivity contribution in [3.05, 3.63) is 50.4 Å². The average Bonchev–Trinajstić information content (AvgIpc) is 2.90. The van der Waals surface area contributed by atoms with Crippen LogP contribution in [0.15, 0.2) is 39.1 Å². The van der Waals surface area contributed by atoms with Crippen LogP contribution < -0.4 is 10.6 Å². The molecule has 7 heteroatoms. The Kier molecular flexibility index (Phi) is 8.96. The molecule has 1 aromatic carbocycles. The topological polar surface area (TPSA) is 49.3 Å². The lowest BCUT2D eigenvalue weighted by molar-refractivity contribution is 0.786. The Balaban J connectivity index is 0.00000242. The molecule has 2 aromatic rings. The zero-order chi connectivity index (χ0) is 15.1. The van der Waals surface area contributed by atoms with Gasteiger partial charge in [0.1, 0.15) is 0 Å². The largest absolute Gasteiger partial charge is 0.356 e. The third-order valence-electron chi connectivity index (χ3n) is 2.94. The van der Waals surface area contributed by atoms with Gasteiger partial charge < -0.3 is 10.6 Å². The number of aromatic nitrogens is 1. The molecule has 0 amide bonds. The van der Waals surface area contributed by atoms with Crippen LogP contribution in [0.3, 0.4) is 0 Å². The SMILES string of the molecule is CN=C(NCCc1csc(C)n1)NCc1ccc(Br)cc1.I. The van der Waals surface area contributed by atoms with Gasteiger partial charge in [-0.05, 0) is 24.6 Å². The van der Waals surface area contributed by atoms with Gasteiger partial charge in [-0.15, -0.1) is 35.3 Å². The van der Waals surface area contributed by atoms with E-state index in [9.17, 15) is 0 Å². The van der Waals surface area contributed by atoms with Crippen LogP contribution in [-0.4, -0.2) is 24.5 Å². The van der Waals surface area contributed by atoms with E-state index < -0.39 is 0 Å². The summed E-state index contributed by atoms with van der Waals surface area (Å²) in [4.78, 5) is 8.67. The molecule has 0 radical (unpaired) electrons. The van der Waals surface area contributed by atoms with E-state index in [-0.39, 0.29) is 24.0 Å². The predicted octanol–water partition coefficient (Wildman–Crippen LogP) is 3.74. The van der Waals surface area contributed by atoms with Crippen LogP contribution in [-0.2, 0) is 13.0 Å². The quantitative estimate of drug-likeness (QED) is 0.378. The summed E-state index contributed by atoms with van der Waals surface area (Å²) in [6.07, 6.45) is 0.906. The second kappa shape index (κ2) is 10.2. The molecule has 0 bridgehead atoms. The molecule has 22 heavy (non-hydrogen) atoms.